The van der Waals surface area contributed by atoms with E-state index in [2.05, 4.69) is 20.8 Å². The van der Waals surface area contributed by atoms with Crippen molar-refractivity contribution < 1.29 is 23.5 Å². The summed E-state index contributed by atoms with van der Waals surface area (Å²) in [6.07, 6.45) is 1.40. The Morgan fingerprint density at radius 2 is 2.00 bits per heavy atom. The van der Waals surface area contributed by atoms with Crippen molar-refractivity contribution >= 4 is 23.7 Å². The first kappa shape index (κ1) is 16.7. The van der Waals surface area contributed by atoms with E-state index in [0.29, 0.717) is 11.5 Å². The maximum absolute atomic E-state index is 11.7. The summed E-state index contributed by atoms with van der Waals surface area (Å²) in [5.74, 6) is 1.11. The molecule has 136 valence electrons. The second-order valence-corrected chi connectivity index (χ2v) is 6.78. The van der Waals surface area contributed by atoms with Gasteiger partial charge in [0.05, 0.1) is 5.75 Å². The van der Waals surface area contributed by atoms with Gasteiger partial charge in [0.15, 0.2) is 11.5 Å². The molecule has 3 amide bonds. The second-order valence-electron chi connectivity index (χ2n) is 5.86. The largest absolute Gasteiger partial charge is 0.485 e. The van der Waals surface area contributed by atoms with Gasteiger partial charge in [-0.2, -0.15) is 0 Å². The van der Waals surface area contributed by atoms with Crippen molar-refractivity contribution in [1.29, 1.82) is 0 Å². The lowest BCUT2D eigenvalue weighted by Gasteiger charge is -2.23. The Labute approximate surface area is 152 Å². The second kappa shape index (κ2) is 7.24. The first-order chi connectivity index (χ1) is 12.7. The average molecular weight is 376 g/mol. The number of fused-ring (bicyclic) bond motifs is 1. The molecule has 1 saturated carbocycles. The molecule has 1 aromatic carbocycles. The number of hydrogen-bond donors (Lipinski definition) is 2. The van der Waals surface area contributed by atoms with Crippen LogP contribution in [0.3, 0.4) is 0 Å². The number of aromatic nitrogens is 2. The zero-order valence-electron chi connectivity index (χ0n) is 13.6. The van der Waals surface area contributed by atoms with Crippen molar-refractivity contribution in [1.82, 2.24) is 20.8 Å². The molecule has 2 N–H and O–H groups in total. The van der Waals surface area contributed by atoms with Gasteiger partial charge in [0.25, 0.3) is 11.1 Å². The number of thioether (sulfide) groups is 1. The fourth-order valence-corrected chi connectivity index (χ4v) is 2.86. The molecule has 4 rings (SSSR count). The molecule has 2 heterocycles. The topological polar surface area (TPSA) is 116 Å². The minimum Gasteiger partial charge on any atom is -0.485 e. The normalized spacial score (nSPS) is 18.2. The van der Waals surface area contributed by atoms with Crippen LogP contribution in [-0.4, -0.2) is 40.5 Å². The third-order valence-electron chi connectivity index (χ3n) is 3.70. The molecule has 1 atom stereocenters. The number of ether oxygens (including phenoxy) is 2. The number of nitrogens with one attached hydrogen (secondary N) is 2. The van der Waals surface area contributed by atoms with Gasteiger partial charge >= 0.3 is 6.03 Å². The quantitative estimate of drug-likeness (QED) is 0.757. The van der Waals surface area contributed by atoms with Crippen molar-refractivity contribution in [3.63, 3.8) is 0 Å². The van der Waals surface area contributed by atoms with Gasteiger partial charge in [-0.05, 0) is 25.0 Å². The highest BCUT2D eigenvalue weighted by molar-refractivity contribution is 7.99. The summed E-state index contributed by atoms with van der Waals surface area (Å²) in [4.78, 5) is 23.2. The summed E-state index contributed by atoms with van der Waals surface area (Å²) < 4.78 is 16.9. The standard InChI is InChI=1S/C16H16N4O5S/c21-13(18-15(22)17-9-5-6-9)8-26-16-20-19-14(25-16)12-7-23-10-3-1-2-4-11(10)24-12/h1-4,9,12H,5-8H2,(H2,17,18,21,22)/t12-/m0/s1. The number of para-hydroxylation sites is 2. The van der Waals surface area contributed by atoms with Gasteiger partial charge in [0, 0.05) is 6.04 Å². The van der Waals surface area contributed by atoms with E-state index in [0.717, 1.165) is 24.6 Å². The van der Waals surface area contributed by atoms with Crippen LogP contribution in [0.4, 0.5) is 4.79 Å². The summed E-state index contributed by atoms with van der Waals surface area (Å²) in [5, 5.41) is 13.0. The van der Waals surface area contributed by atoms with Gasteiger partial charge in [-0.15, -0.1) is 10.2 Å². The van der Waals surface area contributed by atoms with Crippen LogP contribution in [0, 0.1) is 0 Å². The first-order valence-corrected chi connectivity index (χ1v) is 9.11. The molecule has 9 nitrogen and oxygen atoms in total. The molecule has 0 saturated heterocycles. The minimum atomic E-state index is -0.509. The Bertz CT molecular complexity index is 822. The van der Waals surface area contributed by atoms with Gasteiger partial charge in [-0.3, -0.25) is 10.1 Å². The van der Waals surface area contributed by atoms with E-state index in [4.69, 9.17) is 13.9 Å². The van der Waals surface area contributed by atoms with Gasteiger partial charge in [-0.1, -0.05) is 23.9 Å². The van der Waals surface area contributed by atoms with Crippen molar-refractivity contribution in [2.24, 2.45) is 0 Å². The van der Waals surface area contributed by atoms with Crippen LogP contribution in [0.1, 0.15) is 24.8 Å². The number of carbonyl (C=O) groups excluding carboxylic acids is 2. The van der Waals surface area contributed by atoms with Gasteiger partial charge in [-0.25, -0.2) is 4.79 Å². The molecule has 0 spiro atoms. The highest BCUT2D eigenvalue weighted by Crippen LogP contribution is 2.35. The molecule has 0 bridgehead atoms. The summed E-state index contributed by atoms with van der Waals surface area (Å²) in [7, 11) is 0. The fourth-order valence-electron chi connectivity index (χ4n) is 2.29. The molecular weight excluding hydrogens is 360 g/mol. The number of benzene rings is 1. The highest BCUT2D eigenvalue weighted by Gasteiger charge is 2.27. The molecule has 2 aliphatic rings. The summed E-state index contributed by atoms with van der Waals surface area (Å²) in [6.45, 7) is 0.255. The fraction of sp³-hybridized carbons (Fsp3) is 0.375. The van der Waals surface area contributed by atoms with E-state index < -0.39 is 18.0 Å². The molecule has 1 aromatic heterocycles. The number of urea groups is 1. The number of rotatable bonds is 5. The van der Waals surface area contributed by atoms with Crippen LogP contribution < -0.4 is 20.1 Å². The lowest BCUT2D eigenvalue weighted by atomic mass is 10.2. The van der Waals surface area contributed by atoms with Crippen LogP contribution in [0.2, 0.25) is 0 Å². The van der Waals surface area contributed by atoms with Crippen molar-refractivity contribution in [2.75, 3.05) is 12.4 Å². The number of amides is 3. The van der Waals surface area contributed by atoms with Crippen LogP contribution in [0.25, 0.3) is 0 Å². The number of imide groups is 1. The zero-order valence-corrected chi connectivity index (χ0v) is 14.5. The number of carbonyl (C=O) groups is 2. The predicted octanol–water partition coefficient (Wildman–Crippen LogP) is 1.66. The molecule has 1 fully saturated rings. The Kier molecular flexibility index (Phi) is 4.65. The minimum absolute atomic E-state index is 0.00935. The van der Waals surface area contributed by atoms with E-state index in [1.807, 2.05) is 18.2 Å². The predicted molar refractivity (Wildman–Crippen MR) is 90.0 cm³/mol. The van der Waals surface area contributed by atoms with E-state index >= 15 is 0 Å². The SMILES string of the molecule is O=C(CSc1nnc([C@@H]2COc3ccccc3O2)o1)NC(=O)NC1CC1. The first-order valence-electron chi connectivity index (χ1n) is 8.12. The molecule has 1 aliphatic carbocycles. The van der Waals surface area contributed by atoms with Crippen molar-refractivity contribution in [3.05, 3.63) is 30.2 Å². The smallest absolute Gasteiger partial charge is 0.321 e. The van der Waals surface area contributed by atoms with Gasteiger partial charge in [0.2, 0.25) is 12.0 Å². The van der Waals surface area contributed by atoms with E-state index in [-0.39, 0.29) is 29.5 Å². The Morgan fingerprint density at radius 3 is 2.81 bits per heavy atom. The number of hydrogen-bond acceptors (Lipinski definition) is 8. The monoisotopic (exact) mass is 376 g/mol. The summed E-state index contributed by atoms with van der Waals surface area (Å²) in [6, 6.07) is 7.04. The average Bonchev–Trinajstić information content (AvgIpc) is 3.32. The van der Waals surface area contributed by atoms with Crippen LogP contribution in [0.15, 0.2) is 33.9 Å². The Morgan fingerprint density at radius 1 is 1.19 bits per heavy atom. The highest BCUT2D eigenvalue weighted by atomic mass is 32.2. The molecule has 1 aliphatic heterocycles. The lowest BCUT2D eigenvalue weighted by molar-refractivity contribution is -0.117. The molecule has 10 heteroatoms. The zero-order chi connectivity index (χ0) is 17.9. The summed E-state index contributed by atoms with van der Waals surface area (Å²) in [5.41, 5.74) is 0. The van der Waals surface area contributed by atoms with Gasteiger partial charge in [0.1, 0.15) is 6.61 Å². The molecule has 2 aromatic rings. The maximum atomic E-state index is 11.7. The van der Waals surface area contributed by atoms with Crippen LogP contribution >= 0.6 is 11.8 Å². The van der Waals surface area contributed by atoms with Crippen molar-refractivity contribution in [3.8, 4) is 11.5 Å². The Hall–Kier alpha value is -2.75. The maximum Gasteiger partial charge on any atom is 0.321 e. The van der Waals surface area contributed by atoms with E-state index in [1.54, 1.807) is 6.07 Å². The van der Waals surface area contributed by atoms with Crippen LogP contribution in [0.5, 0.6) is 11.5 Å². The lowest BCUT2D eigenvalue weighted by Crippen LogP contribution is -2.41. The number of nitrogens with zero attached hydrogens (tertiary/aromatic N) is 2. The third-order valence-corrected chi connectivity index (χ3v) is 4.52. The Balaban J connectivity index is 1.28. The molecule has 0 unspecified atom stereocenters. The molecule has 0 radical (unpaired) electrons. The third kappa shape index (κ3) is 4.07. The van der Waals surface area contributed by atoms with Gasteiger partial charge < -0.3 is 19.2 Å². The van der Waals surface area contributed by atoms with E-state index in [1.165, 1.54) is 0 Å². The van der Waals surface area contributed by atoms with Crippen molar-refractivity contribution in [2.45, 2.75) is 30.2 Å². The van der Waals surface area contributed by atoms with E-state index in [9.17, 15) is 9.59 Å². The molecule has 26 heavy (non-hydrogen) atoms. The molecular formula is C16H16N4O5S. The van der Waals surface area contributed by atoms with Crippen LogP contribution in [-0.2, 0) is 4.79 Å². The summed E-state index contributed by atoms with van der Waals surface area (Å²) >= 11 is 1.05.